The highest BCUT2D eigenvalue weighted by molar-refractivity contribution is 7.81. The van der Waals surface area contributed by atoms with Crippen molar-refractivity contribution in [3.8, 4) is 59.6 Å². The summed E-state index contributed by atoms with van der Waals surface area (Å²) in [5.41, 5.74) is 0. The summed E-state index contributed by atoms with van der Waals surface area (Å²) in [5, 5.41) is 0. The van der Waals surface area contributed by atoms with Crippen LogP contribution in [0, 0.1) is 25.1 Å². The molecule has 0 aromatic heterocycles. The van der Waals surface area contributed by atoms with Gasteiger partial charge in [0.25, 0.3) is 0 Å². The predicted octanol–water partition coefficient (Wildman–Crippen LogP) is 1.68. The third-order valence-electron chi connectivity index (χ3n) is 3.52. The van der Waals surface area contributed by atoms with E-state index in [0.29, 0.717) is 0 Å². The fourth-order valence-corrected chi connectivity index (χ4v) is 2.70. The zero-order valence-electron chi connectivity index (χ0n) is 18.5. The van der Waals surface area contributed by atoms with Gasteiger partial charge in [0.05, 0.1) is 0 Å². The van der Waals surface area contributed by atoms with E-state index in [1.54, 1.807) is 0 Å². The van der Waals surface area contributed by atoms with Crippen LogP contribution in [0.5, 0.6) is 34.5 Å². The van der Waals surface area contributed by atoms with Crippen molar-refractivity contribution in [3.05, 3.63) is 36.4 Å². The second kappa shape index (κ2) is 14.1. The number of terminal acetylenes is 2. The molecular formula is C20H18O15S2. The maximum absolute atomic E-state index is 10.5. The van der Waals surface area contributed by atoms with Crippen molar-refractivity contribution in [2.24, 2.45) is 0 Å². The summed E-state index contributed by atoms with van der Waals surface area (Å²) in [7, 11) is -9.56. The molecule has 0 aliphatic rings. The Morgan fingerprint density at radius 2 is 1.05 bits per heavy atom. The molecule has 0 spiro atoms. The van der Waals surface area contributed by atoms with Crippen molar-refractivity contribution in [2.75, 3.05) is 26.4 Å². The summed E-state index contributed by atoms with van der Waals surface area (Å²) in [6.07, 6.45) is 14.3. The van der Waals surface area contributed by atoms with E-state index in [1.165, 1.54) is 36.4 Å². The van der Waals surface area contributed by atoms with Crippen molar-refractivity contribution in [1.82, 2.24) is 0 Å². The molecule has 15 nitrogen and oxygen atoms in total. The summed E-state index contributed by atoms with van der Waals surface area (Å²) in [5.74, 6) is 0.891. The van der Waals surface area contributed by atoms with Crippen molar-refractivity contribution < 1.29 is 68.1 Å². The molecule has 0 atom stereocenters. The molecule has 37 heavy (non-hydrogen) atoms. The second-order valence-corrected chi connectivity index (χ2v) is 8.07. The molecule has 0 radical (unpaired) electrons. The summed E-state index contributed by atoms with van der Waals surface area (Å²) in [4.78, 5) is 8.56. The topological polar surface area (TPSA) is 192 Å². The number of rotatable bonds is 16. The van der Waals surface area contributed by atoms with Crippen molar-refractivity contribution in [1.29, 1.82) is 0 Å². The Hall–Kier alpha value is -3.78. The second-order valence-electron chi connectivity index (χ2n) is 6.09. The van der Waals surface area contributed by atoms with Crippen LogP contribution in [0.4, 0.5) is 0 Å². The normalized spacial score (nSPS) is 11.1. The minimum absolute atomic E-state index is 0.0886. The highest BCUT2D eigenvalue weighted by Gasteiger charge is 2.13. The van der Waals surface area contributed by atoms with Crippen LogP contribution in [0.15, 0.2) is 36.4 Å². The molecule has 2 rings (SSSR count). The van der Waals surface area contributed by atoms with E-state index in [-0.39, 0.29) is 47.7 Å². The van der Waals surface area contributed by atoms with Crippen LogP contribution >= 0.6 is 0 Å². The van der Waals surface area contributed by atoms with Gasteiger partial charge in [0.15, 0.2) is 23.0 Å². The molecule has 0 bridgehead atoms. The molecule has 200 valence electrons. The Balaban J connectivity index is 2.09. The van der Waals surface area contributed by atoms with Gasteiger partial charge in [-0.1, -0.05) is 21.5 Å². The molecule has 2 aromatic rings. The zero-order chi connectivity index (χ0) is 27.3. The molecule has 0 aliphatic carbocycles. The molecule has 0 amide bonds. The van der Waals surface area contributed by atoms with Crippen LogP contribution in [0.3, 0.4) is 0 Å². The quantitative estimate of drug-likeness (QED) is 0.0986. The fraction of sp³-hybridized carbons (Fsp3) is 0.200. The molecular weight excluding hydrogens is 544 g/mol. The molecule has 0 aliphatic heterocycles. The first kappa shape index (κ1) is 29.5. The molecule has 0 unspecified atom stereocenters. The van der Waals surface area contributed by atoms with Crippen molar-refractivity contribution in [2.45, 2.75) is 0 Å². The molecule has 0 heterocycles. The van der Waals surface area contributed by atoms with E-state index in [1.807, 2.05) is 12.2 Å². The van der Waals surface area contributed by atoms with Gasteiger partial charge >= 0.3 is 20.8 Å². The largest absolute Gasteiger partial charge is 0.487 e. The van der Waals surface area contributed by atoms with E-state index in [9.17, 15) is 16.8 Å². The van der Waals surface area contributed by atoms with Gasteiger partial charge < -0.3 is 23.7 Å². The minimum Gasteiger partial charge on any atom is -0.487 e. The lowest BCUT2D eigenvalue weighted by atomic mass is 10.2. The van der Waals surface area contributed by atoms with Crippen LogP contribution in [0.25, 0.3) is 0 Å². The Morgan fingerprint density at radius 3 is 1.41 bits per heavy atom. The van der Waals surface area contributed by atoms with E-state index in [2.05, 4.69) is 18.4 Å². The molecule has 2 N–H and O–H groups in total. The van der Waals surface area contributed by atoms with Gasteiger partial charge in [0.2, 0.25) is 0 Å². The third-order valence-corrected chi connectivity index (χ3v) is 4.06. The fourth-order valence-electron chi connectivity index (χ4n) is 2.32. The highest BCUT2D eigenvalue weighted by Crippen LogP contribution is 2.37. The average molecular weight is 562 g/mol. The van der Waals surface area contributed by atoms with Crippen molar-refractivity contribution >= 4 is 20.8 Å². The first-order valence-electron chi connectivity index (χ1n) is 9.54. The van der Waals surface area contributed by atoms with Gasteiger partial charge in [-0.3, -0.25) is 9.11 Å². The van der Waals surface area contributed by atoms with Gasteiger partial charge in [0.1, 0.15) is 50.1 Å². The van der Waals surface area contributed by atoms with Crippen LogP contribution in [-0.2, 0) is 39.2 Å². The Labute approximate surface area is 211 Å². The number of ether oxygens (including phenoxy) is 5. The molecule has 0 saturated carbocycles. The van der Waals surface area contributed by atoms with E-state index in [0.717, 1.165) is 0 Å². The Bertz CT molecular complexity index is 1240. The Morgan fingerprint density at radius 1 is 0.649 bits per heavy atom. The summed E-state index contributed by atoms with van der Waals surface area (Å²) >= 11 is 0. The average Bonchev–Trinajstić information content (AvgIpc) is 2.80. The van der Waals surface area contributed by atoms with Gasteiger partial charge in [-0.2, -0.15) is 16.8 Å². The lowest BCUT2D eigenvalue weighted by molar-refractivity contribution is -0.211. The van der Waals surface area contributed by atoms with Crippen molar-refractivity contribution in [3.63, 3.8) is 0 Å². The number of hydrogen-bond donors (Lipinski definition) is 2. The maximum atomic E-state index is 10.5. The molecule has 0 saturated heterocycles. The molecule has 2 aromatic carbocycles. The number of hydrogen-bond acceptors (Lipinski definition) is 13. The highest BCUT2D eigenvalue weighted by atomic mass is 32.3. The van der Waals surface area contributed by atoms with E-state index in [4.69, 9.17) is 45.6 Å². The third kappa shape index (κ3) is 11.7. The molecule has 17 heteroatoms. The first-order valence-corrected chi connectivity index (χ1v) is 12.3. The minimum atomic E-state index is -4.78. The first-order chi connectivity index (χ1) is 17.5. The van der Waals surface area contributed by atoms with E-state index < -0.39 is 34.0 Å². The van der Waals surface area contributed by atoms with Crippen LogP contribution in [0.1, 0.15) is 0 Å². The standard InChI is InChI=1S/C20H18O15S2/c1-3-27-17-7-5-15(13-19(17)29-9-11-31-34-36(21,22)23)33-16-6-8-18(28-4-2)20(14-16)30-10-12-32-35-37(24,25)26/h1-2,5-8,13-14H,9-12H2,(H,21,22,23)(H,24,25,26). The lowest BCUT2D eigenvalue weighted by Gasteiger charge is -2.14. The predicted molar refractivity (Wildman–Crippen MR) is 120 cm³/mol. The van der Waals surface area contributed by atoms with Gasteiger partial charge in [-0.25, -0.2) is 9.78 Å². The monoisotopic (exact) mass is 562 g/mol. The Kier molecular flexibility index (Phi) is 11.2. The van der Waals surface area contributed by atoms with Gasteiger partial charge in [-0.15, -0.1) is 0 Å². The number of benzene rings is 2. The smallest absolute Gasteiger partial charge is 0.424 e. The summed E-state index contributed by atoms with van der Waals surface area (Å²) in [6.45, 7) is -1.26. The SMILES string of the molecule is C#COc1ccc(Oc2ccc(OC#C)c(OCCOOS(=O)(=O)O)c2)cc1OCCOOS(=O)(=O)O. The van der Waals surface area contributed by atoms with E-state index >= 15 is 0 Å². The molecule has 0 fully saturated rings. The van der Waals surface area contributed by atoms with Crippen LogP contribution in [-0.4, -0.2) is 52.4 Å². The van der Waals surface area contributed by atoms with Crippen LogP contribution in [0.2, 0.25) is 0 Å². The maximum Gasteiger partial charge on any atom is 0.424 e. The van der Waals surface area contributed by atoms with Gasteiger partial charge in [0, 0.05) is 12.1 Å². The lowest BCUT2D eigenvalue weighted by Crippen LogP contribution is -2.11. The summed E-state index contributed by atoms with van der Waals surface area (Å²) in [6, 6.07) is 8.63. The summed E-state index contributed by atoms with van der Waals surface area (Å²) < 4.78 is 92.8. The zero-order valence-corrected chi connectivity index (χ0v) is 20.1. The van der Waals surface area contributed by atoms with Gasteiger partial charge in [-0.05, 0) is 24.3 Å². The van der Waals surface area contributed by atoms with Crippen LogP contribution < -0.4 is 23.7 Å².